The summed E-state index contributed by atoms with van der Waals surface area (Å²) in [5.74, 6) is 0.660. The van der Waals surface area contributed by atoms with Gasteiger partial charge in [-0.05, 0) is 35.2 Å². The second-order valence-electron chi connectivity index (χ2n) is 4.28. The Morgan fingerprint density at radius 2 is 2.09 bits per heavy atom. The number of hydrogen-bond donors (Lipinski definition) is 0. The summed E-state index contributed by atoms with van der Waals surface area (Å²) in [6.45, 7) is 0. The predicted octanol–water partition coefficient (Wildman–Crippen LogP) is 4.44. The monoisotopic (exact) mass is 333 g/mol. The topological polar surface area (TPSA) is 82.1 Å². The average molecular weight is 334 g/mol. The summed E-state index contributed by atoms with van der Waals surface area (Å²) in [4.78, 5) is 14.4. The lowest BCUT2D eigenvalue weighted by atomic mass is 10.2. The van der Waals surface area contributed by atoms with Crippen molar-refractivity contribution in [3.05, 3.63) is 62.7 Å². The number of nitro groups is 1. The van der Waals surface area contributed by atoms with Crippen molar-refractivity contribution in [3.8, 4) is 11.4 Å². The van der Waals surface area contributed by atoms with Crippen LogP contribution in [0.2, 0.25) is 0 Å². The molecule has 0 spiro atoms. The zero-order valence-corrected chi connectivity index (χ0v) is 12.5. The first-order valence-corrected chi connectivity index (χ1v) is 7.44. The van der Waals surface area contributed by atoms with E-state index >= 15 is 0 Å². The number of hydrogen-bond acceptors (Lipinski definition) is 6. The SMILES string of the molecule is O=[N+]([O-])c1ccc(/C=C(/Cl)c2nc(-c3ccsc3)no2)cc1. The molecule has 110 valence electrons. The second kappa shape index (κ2) is 6.08. The molecule has 8 heteroatoms. The molecule has 3 aromatic rings. The van der Waals surface area contributed by atoms with Crippen molar-refractivity contribution in [1.82, 2.24) is 10.1 Å². The van der Waals surface area contributed by atoms with Gasteiger partial charge < -0.3 is 4.52 Å². The van der Waals surface area contributed by atoms with Crippen LogP contribution in [-0.2, 0) is 0 Å². The normalized spacial score (nSPS) is 11.6. The average Bonchev–Trinajstić information content (AvgIpc) is 3.19. The molecule has 1 aromatic carbocycles. The number of nitro benzene ring substituents is 1. The minimum Gasteiger partial charge on any atom is -0.333 e. The van der Waals surface area contributed by atoms with E-state index in [4.69, 9.17) is 16.1 Å². The summed E-state index contributed by atoms with van der Waals surface area (Å²) in [5.41, 5.74) is 1.58. The number of thiophene rings is 1. The molecule has 0 fully saturated rings. The van der Waals surface area contributed by atoms with Crippen molar-refractivity contribution in [3.63, 3.8) is 0 Å². The van der Waals surface area contributed by atoms with Crippen LogP contribution in [0.1, 0.15) is 11.5 Å². The fraction of sp³-hybridized carbons (Fsp3) is 0. The Morgan fingerprint density at radius 3 is 2.73 bits per heavy atom. The van der Waals surface area contributed by atoms with E-state index in [1.54, 1.807) is 18.2 Å². The van der Waals surface area contributed by atoms with E-state index in [-0.39, 0.29) is 16.6 Å². The molecule has 0 bridgehead atoms. The lowest BCUT2D eigenvalue weighted by Gasteiger charge is -1.95. The molecule has 0 aliphatic rings. The predicted molar refractivity (Wildman–Crippen MR) is 84.4 cm³/mol. The maximum atomic E-state index is 10.6. The van der Waals surface area contributed by atoms with Crippen LogP contribution in [0.5, 0.6) is 0 Å². The number of halogens is 1. The highest BCUT2D eigenvalue weighted by molar-refractivity contribution is 7.08. The fourth-order valence-electron chi connectivity index (χ4n) is 1.73. The first-order chi connectivity index (χ1) is 10.6. The molecule has 0 amide bonds. The largest absolute Gasteiger partial charge is 0.333 e. The third-order valence-corrected chi connectivity index (χ3v) is 3.76. The molecular formula is C14H8ClN3O3S. The molecule has 0 saturated carbocycles. The summed E-state index contributed by atoms with van der Waals surface area (Å²) >= 11 is 7.69. The van der Waals surface area contributed by atoms with E-state index in [9.17, 15) is 10.1 Å². The van der Waals surface area contributed by atoms with Gasteiger partial charge in [-0.3, -0.25) is 10.1 Å². The molecule has 0 saturated heterocycles. The Balaban J connectivity index is 1.84. The van der Waals surface area contributed by atoms with Crippen molar-refractivity contribution in [2.45, 2.75) is 0 Å². The molecule has 0 aliphatic heterocycles. The smallest absolute Gasteiger partial charge is 0.269 e. The van der Waals surface area contributed by atoms with E-state index in [2.05, 4.69) is 10.1 Å². The Kier molecular flexibility index (Phi) is 3.99. The molecule has 22 heavy (non-hydrogen) atoms. The Bertz CT molecular complexity index is 825. The highest BCUT2D eigenvalue weighted by atomic mass is 35.5. The standard InChI is InChI=1S/C14H8ClN3O3S/c15-12(7-9-1-3-11(4-2-9)18(19)20)14-16-13(17-21-14)10-5-6-22-8-10/h1-8H/b12-7+. The van der Waals surface area contributed by atoms with Crippen LogP contribution in [0, 0.1) is 10.1 Å². The van der Waals surface area contributed by atoms with Crippen molar-refractivity contribution >= 4 is 39.7 Å². The van der Waals surface area contributed by atoms with E-state index in [0.717, 1.165) is 5.56 Å². The molecule has 0 aliphatic carbocycles. The first kappa shape index (κ1) is 14.4. The van der Waals surface area contributed by atoms with Crippen LogP contribution < -0.4 is 0 Å². The summed E-state index contributed by atoms with van der Waals surface area (Å²) < 4.78 is 5.12. The Labute approximate surface area is 133 Å². The van der Waals surface area contributed by atoms with Crippen LogP contribution in [0.25, 0.3) is 22.5 Å². The molecule has 0 radical (unpaired) electrons. The minimum absolute atomic E-state index is 0.0193. The van der Waals surface area contributed by atoms with Gasteiger partial charge in [-0.2, -0.15) is 16.3 Å². The molecule has 6 nitrogen and oxygen atoms in total. The van der Waals surface area contributed by atoms with Crippen LogP contribution in [-0.4, -0.2) is 15.1 Å². The molecule has 3 rings (SSSR count). The lowest BCUT2D eigenvalue weighted by molar-refractivity contribution is -0.384. The van der Waals surface area contributed by atoms with Gasteiger partial charge in [0.05, 0.1) is 4.92 Å². The third kappa shape index (κ3) is 3.05. The molecule has 2 aromatic heterocycles. The van der Waals surface area contributed by atoms with E-state index < -0.39 is 4.92 Å². The summed E-state index contributed by atoms with van der Waals surface area (Å²) in [7, 11) is 0. The summed E-state index contributed by atoms with van der Waals surface area (Å²) in [5, 5.41) is 18.6. The maximum absolute atomic E-state index is 10.6. The second-order valence-corrected chi connectivity index (χ2v) is 5.46. The highest BCUT2D eigenvalue weighted by Crippen LogP contribution is 2.25. The zero-order chi connectivity index (χ0) is 15.5. The van der Waals surface area contributed by atoms with E-state index in [1.807, 2.05) is 16.8 Å². The van der Waals surface area contributed by atoms with Crippen molar-refractivity contribution in [2.24, 2.45) is 0 Å². The van der Waals surface area contributed by atoms with Crippen LogP contribution >= 0.6 is 22.9 Å². The van der Waals surface area contributed by atoms with Gasteiger partial charge in [-0.25, -0.2) is 0 Å². The first-order valence-electron chi connectivity index (χ1n) is 6.12. The Morgan fingerprint density at radius 1 is 1.32 bits per heavy atom. The van der Waals surface area contributed by atoms with E-state index in [0.29, 0.717) is 11.4 Å². The number of non-ortho nitro benzene ring substituents is 1. The number of aromatic nitrogens is 2. The van der Waals surface area contributed by atoms with Gasteiger partial charge in [-0.15, -0.1) is 0 Å². The van der Waals surface area contributed by atoms with Crippen molar-refractivity contribution in [1.29, 1.82) is 0 Å². The fourth-order valence-corrected chi connectivity index (χ4v) is 2.57. The van der Waals surface area contributed by atoms with Gasteiger partial charge in [-0.1, -0.05) is 16.8 Å². The third-order valence-electron chi connectivity index (χ3n) is 2.81. The molecule has 0 N–H and O–H groups in total. The molecule has 2 heterocycles. The summed E-state index contributed by atoms with van der Waals surface area (Å²) in [6.07, 6.45) is 1.61. The quantitative estimate of drug-likeness (QED) is 0.520. The van der Waals surface area contributed by atoms with Crippen LogP contribution in [0.15, 0.2) is 45.6 Å². The van der Waals surface area contributed by atoms with Gasteiger partial charge in [0.15, 0.2) is 0 Å². The Hall–Kier alpha value is -2.51. The zero-order valence-electron chi connectivity index (χ0n) is 11.0. The summed E-state index contributed by atoms with van der Waals surface area (Å²) in [6, 6.07) is 7.88. The van der Waals surface area contributed by atoms with Gasteiger partial charge >= 0.3 is 0 Å². The number of benzene rings is 1. The highest BCUT2D eigenvalue weighted by Gasteiger charge is 2.12. The van der Waals surface area contributed by atoms with Gasteiger partial charge in [0.25, 0.3) is 11.6 Å². The number of rotatable bonds is 4. The van der Waals surface area contributed by atoms with Gasteiger partial charge in [0.1, 0.15) is 5.03 Å². The number of nitrogens with zero attached hydrogens (tertiary/aromatic N) is 3. The van der Waals surface area contributed by atoms with Gasteiger partial charge in [0.2, 0.25) is 5.82 Å². The van der Waals surface area contributed by atoms with Crippen molar-refractivity contribution < 1.29 is 9.45 Å². The van der Waals surface area contributed by atoms with Crippen molar-refractivity contribution in [2.75, 3.05) is 0 Å². The molecular weight excluding hydrogens is 326 g/mol. The lowest BCUT2D eigenvalue weighted by Crippen LogP contribution is -1.86. The van der Waals surface area contributed by atoms with Crippen LogP contribution in [0.3, 0.4) is 0 Å². The maximum Gasteiger partial charge on any atom is 0.269 e. The molecule has 0 atom stereocenters. The molecule has 0 unspecified atom stereocenters. The van der Waals surface area contributed by atoms with Gasteiger partial charge in [0, 0.05) is 23.1 Å². The van der Waals surface area contributed by atoms with E-state index in [1.165, 1.54) is 23.5 Å². The van der Waals surface area contributed by atoms with Crippen LogP contribution in [0.4, 0.5) is 5.69 Å². The minimum atomic E-state index is -0.458.